The van der Waals surface area contributed by atoms with Gasteiger partial charge in [-0.2, -0.15) is 0 Å². The number of rotatable bonds is 6. The van der Waals surface area contributed by atoms with Gasteiger partial charge in [0.05, 0.1) is 6.10 Å². The summed E-state index contributed by atoms with van der Waals surface area (Å²) in [5, 5.41) is 10.0. The van der Waals surface area contributed by atoms with Crippen LogP contribution in [-0.4, -0.2) is 54.7 Å². The minimum Gasteiger partial charge on any atom is -0.387 e. The fourth-order valence-electron chi connectivity index (χ4n) is 2.57. The predicted octanol–water partition coefficient (Wildman–Crippen LogP) is 2.03. The van der Waals surface area contributed by atoms with E-state index in [4.69, 9.17) is 0 Å². The minimum absolute atomic E-state index is 0.152. The van der Waals surface area contributed by atoms with Crippen molar-refractivity contribution in [3.05, 3.63) is 35.4 Å². The van der Waals surface area contributed by atoms with Crippen LogP contribution in [0.25, 0.3) is 0 Å². The van der Waals surface area contributed by atoms with Crippen LogP contribution in [0.5, 0.6) is 0 Å². The number of hydrogen-bond donors (Lipinski definition) is 1. The highest BCUT2D eigenvalue weighted by Crippen LogP contribution is 2.18. The van der Waals surface area contributed by atoms with E-state index in [9.17, 15) is 13.9 Å². The number of benzene rings is 1. The lowest BCUT2D eigenvalue weighted by molar-refractivity contribution is 0.118. The van der Waals surface area contributed by atoms with E-state index in [0.29, 0.717) is 6.54 Å². The Kier molecular flexibility index (Phi) is 5.46. The van der Waals surface area contributed by atoms with Crippen LogP contribution < -0.4 is 0 Å². The molecule has 1 aromatic rings. The zero-order valence-corrected chi connectivity index (χ0v) is 11.9. The molecule has 0 saturated carbocycles. The largest absolute Gasteiger partial charge is 0.387 e. The second kappa shape index (κ2) is 7.11. The maximum absolute atomic E-state index is 13.6. The van der Waals surface area contributed by atoms with Gasteiger partial charge >= 0.3 is 0 Å². The van der Waals surface area contributed by atoms with Crippen molar-refractivity contribution in [3.63, 3.8) is 0 Å². The molecule has 0 spiro atoms. The molecule has 20 heavy (non-hydrogen) atoms. The van der Waals surface area contributed by atoms with Crippen molar-refractivity contribution < 1.29 is 13.9 Å². The standard InChI is InChI=1S/C15H22F2N2O/c1-18(8-9-19-6-2-3-7-19)11-15(20)13-5-4-12(16)10-14(13)17/h4-5,10,15,20H,2-3,6-9,11H2,1H3. The molecule has 1 N–H and O–H groups in total. The molecule has 1 heterocycles. The van der Waals surface area contributed by atoms with Crippen molar-refractivity contribution in [2.45, 2.75) is 18.9 Å². The molecule has 1 saturated heterocycles. The summed E-state index contributed by atoms with van der Waals surface area (Å²) in [5.74, 6) is -1.31. The van der Waals surface area contributed by atoms with Crippen LogP contribution in [-0.2, 0) is 0 Å². The van der Waals surface area contributed by atoms with Gasteiger partial charge in [0.25, 0.3) is 0 Å². The molecule has 5 heteroatoms. The molecule has 1 atom stereocenters. The summed E-state index contributed by atoms with van der Waals surface area (Å²) in [6.45, 7) is 4.43. The lowest BCUT2D eigenvalue weighted by Gasteiger charge is -2.23. The second-order valence-electron chi connectivity index (χ2n) is 5.49. The number of likely N-dealkylation sites (N-methyl/N-ethyl adjacent to an activating group) is 1. The molecule has 1 unspecified atom stereocenters. The van der Waals surface area contributed by atoms with Gasteiger partial charge in [0.2, 0.25) is 0 Å². The highest BCUT2D eigenvalue weighted by molar-refractivity contribution is 5.21. The second-order valence-corrected chi connectivity index (χ2v) is 5.49. The smallest absolute Gasteiger partial charge is 0.131 e. The Hall–Kier alpha value is -1.04. The molecule has 3 nitrogen and oxygen atoms in total. The van der Waals surface area contributed by atoms with Gasteiger partial charge < -0.3 is 14.9 Å². The summed E-state index contributed by atoms with van der Waals surface area (Å²) in [4.78, 5) is 4.37. The Balaban J connectivity index is 1.81. The number of halogens is 2. The van der Waals surface area contributed by atoms with E-state index in [1.807, 2.05) is 11.9 Å². The first kappa shape index (κ1) is 15.4. The highest BCUT2D eigenvalue weighted by Gasteiger charge is 2.17. The maximum atomic E-state index is 13.6. The highest BCUT2D eigenvalue weighted by atomic mass is 19.1. The lowest BCUT2D eigenvalue weighted by Crippen LogP contribution is -2.33. The molecule has 112 valence electrons. The number of aliphatic hydroxyl groups excluding tert-OH is 1. The van der Waals surface area contributed by atoms with Crippen molar-refractivity contribution in [2.24, 2.45) is 0 Å². The van der Waals surface area contributed by atoms with Gasteiger partial charge in [0.15, 0.2) is 0 Å². The quantitative estimate of drug-likeness (QED) is 0.866. The molecule has 0 aliphatic carbocycles. The van der Waals surface area contributed by atoms with Gasteiger partial charge in [-0.25, -0.2) is 8.78 Å². The average molecular weight is 284 g/mol. The van der Waals surface area contributed by atoms with Crippen LogP contribution in [0.4, 0.5) is 8.78 Å². The van der Waals surface area contributed by atoms with E-state index in [1.165, 1.54) is 25.0 Å². The molecule has 1 aromatic carbocycles. The monoisotopic (exact) mass is 284 g/mol. The lowest BCUT2D eigenvalue weighted by atomic mass is 10.1. The summed E-state index contributed by atoms with van der Waals surface area (Å²) in [7, 11) is 1.90. The molecule has 0 aromatic heterocycles. The Morgan fingerprint density at radius 1 is 1.30 bits per heavy atom. The number of aliphatic hydroxyl groups is 1. The molecule has 1 fully saturated rings. The van der Waals surface area contributed by atoms with Gasteiger partial charge in [0.1, 0.15) is 11.6 Å². The van der Waals surface area contributed by atoms with E-state index < -0.39 is 17.7 Å². The van der Waals surface area contributed by atoms with Crippen LogP contribution in [0, 0.1) is 11.6 Å². The fourth-order valence-corrected chi connectivity index (χ4v) is 2.57. The third-order valence-electron chi connectivity index (χ3n) is 3.80. The zero-order valence-electron chi connectivity index (χ0n) is 11.9. The van der Waals surface area contributed by atoms with Crippen molar-refractivity contribution in [1.82, 2.24) is 9.80 Å². The first-order valence-electron chi connectivity index (χ1n) is 7.10. The molecule has 0 bridgehead atoms. The topological polar surface area (TPSA) is 26.7 Å². The van der Waals surface area contributed by atoms with Crippen LogP contribution in [0.1, 0.15) is 24.5 Å². The molecule has 0 amide bonds. The molecular formula is C15H22F2N2O. The fraction of sp³-hybridized carbons (Fsp3) is 0.600. The molecule has 1 aliphatic rings. The summed E-state index contributed by atoms with van der Waals surface area (Å²) < 4.78 is 26.4. The van der Waals surface area contributed by atoms with Crippen molar-refractivity contribution in [1.29, 1.82) is 0 Å². The molecule has 1 aliphatic heterocycles. The van der Waals surface area contributed by atoms with Gasteiger partial charge in [-0.3, -0.25) is 0 Å². The zero-order chi connectivity index (χ0) is 14.5. The summed E-state index contributed by atoms with van der Waals surface area (Å²) in [5.41, 5.74) is 0.152. The van der Waals surface area contributed by atoms with E-state index in [0.717, 1.165) is 32.2 Å². The molecule has 2 rings (SSSR count). The number of nitrogens with zero attached hydrogens (tertiary/aromatic N) is 2. The predicted molar refractivity (Wildman–Crippen MR) is 74.5 cm³/mol. The van der Waals surface area contributed by atoms with Crippen molar-refractivity contribution in [2.75, 3.05) is 39.8 Å². The van der Waals surface area contributed by atoms with E-state index in [-0.39, 0.29) is 5.56 Å². The van der Waals surface area contributed by atoms with Crippen LogP contribution in [0.15, 0.2) is 18.2 Å². The van der Waals surface area contributed by atoms with Gasteiger partial charge in [0, 0.05) is 31.3 Å². The summed E-state index contributed by atoms with van der Waals surface area (Å²) in [6, 6.07) is 3.29. The number of hydrogen-bond acceptors (Lipinski definition) is 3. The van der Waals surface area contributed by atoms with Crippen LogP contribution >= 0.6 is 0 Å². The minimum atomic E-state index is -0.931. The van der Waals surface area contributed by atoms with E-state index >= 15 is 0 Å². The normalized spacial score (nSPS) is 17.9. The Morgan fingerprint density at radius 2 is 2.00 bits per heavy atom. The third kappa shape index (κ3) is 4.23. The van der Waals surface area contributed by atoms with E-state index in [2.05, 4.69) is 4.90 Å². The van der Waals surface area contributed by atoms with Crippen LogP contribution in [0.3, 0.4) is 0 Å². The molecule has 0 radical (unpaired) electrons. The van der Waals surface area contributed by atoms with Crippen molar-refractivity contribution in [3.8, 4) is 0 Å². The Labute approximate surface area is 118 Å². The first-order valence-corrected chi connectivity index (χ1v) is 7.10. The molecular weight excluding hydrogens is 262 g/mol. The van der Waals surface area contributed by atoms with Crippen molar-refractivity contribution >= 4 is 0 Å². The Bertz CT molecular complexity index is 436. The first-order chi connectivity index (χ1) is 9.56. The summed E-state index contributed by atoms with van der Waals surface area (Å²) in [6.07, 6.45) is 1.58. The number of likely N-dealkylation sites (tertiary alicyclic amines) is 1. The van der Waals surface area contributed by atoms with Crippen LogP contribution in [0.2, 0.25) is 0 Å². The van der Waals surface area contributed by atoms with Gasteiger partial charge in [-0.05, 0) is 39.0 Å². The van der Waals surface area contributed by atoms with Gasteiger partial charge in [-0.1, -0.05) is 6.07 Å². The van der Waals surface area contributed by atoms with Gasteiger partial charge in [-0.15, -0.1) is 0 Å². The SMILES string of the molecule is CN(CCN1CCCC1)CC(O)c1ccc(F)cc1F. The maximum Gasteiger partial charge on any atom is 0.131 e. The third-order valence-corrected chi connectivity index (χ3v) is 3.80. The summed E-state index contributed by atoms with van der Waals surface area (Å²) >= 11 is 0. The average Bonchev–Trinajstić information content (AvgIpc) is 2.89. The Morgan fingerprint density at radius 3 is 2.65 bits per heavy atom. The van der Waals surface area contributed by atoms with E-state index in [1.54, 1.807) is 0 Å².